The molecule has 24 heavy (non-hydrogen) atoms. The minimum atomic E-state index is -4.38. The van der Waals surface area contributed by atoms with Gasteiger partial charge in [-0.15, -0.1) is 0 Å². The van der Waals surface area contributed by atoms with E-state index in [4.69, 9.17) is 0 Å². The van der Waals surface area contributed by atoms with Gasteiger partial charge in [-0.3, -0.25) is 4.79 Å². The lowest BCUT2D eigenvalue weighted by atomic mass is 10.0. The summed E-state index contributed by atoms with van der Waals surface area (Å²) in [6.45, 7) is 1.70. The SMILES string of the molecule is CC(NC(=O)CCc1cccc(F)c1)c1ccc(C(F)(F)F)cc1. The molecule has 1 atom stereocenters. The molecule has 0 saturated heterocycles. The van der Waals surface area contributed by atoms with Gasteiger partial charge in [0.1, 0.15) is 5.82 Å². The zero-order chi connectivity index (χ0) is 17.7. The summed E-state index contributed by atoms with van der Waals surface area (Å²) < 4.78 is 50.6. The topological polar surface area (TPSA) is 29.1 Å². The van der Waals surface area contributed by atoms with Crippen LogP contribution in [0.15, 0.2) is 48.5 Å². The summed E-state index contributed by atoms with van der Waals surface area (Å²) in [7, 11) is 0. The molecule has 0 radical (unpaired) electrons. The second-order valence-electron chi connectivity index (χ2n) is 5.54. The second kappa shape index (κ2) is 7.47. The van der Waals surface area contributed by atoms with Crippen LogP contribution in [0.25, 0.3) is 0 Å². The zero-order valence-electron chi connectivity index (χ0n) is 13.0. The average Bonchev–Trinajstić information content (AvgIpc) is 2.52. The first-order valence-corrected chi connectivity index (χ1v) is 7.46. The average molecular weight is 339 g/mol. The molecule has 0 fully saturated rings. The van der Waals surface area contributed by atoms with Crippen LogP contribution in [0, 0.1) is 5.82 Å². The van der Waals surface area contributed by atoms with Crippen LogP contribution in [0.1, 0.15) is 36.1 Å². The van der Waals surface area contributed by atoms with Crippen molar-refractivity contribution in [1.82, 2.24) is 5.32 Å². The largest absolute Gasteiger partial charge is 0.416 e. The van der Waals surface area contributed by atoms with Crippen molar-refractivity contribution in [3.63, 3.8) is 0 Å². The molecule has 1 unspecified atom stereocenters. The minimum Gasteiger partial charge on any atom is -0.350 e. The third kappa shape index (κ3) is 5.08. The Labute approximate surface area is 137 Å². The standard InChI is InChI=1S/C18H17F4NO/c1-12(14-6-8-15(9-7-14)18(20,21)22)23-17(24)10-5-13-3-2-4-16(19)11-13/h2-4,6-9,11-12H,5,10H2,1H3,(H,23,24). The molecule has 2 aromatic carbocycles. The van der Waals surface area contributed by atoms with Crippen molar-refractivity contribution < 1.29 is 22.4 Å². The molecule has 6 heteroatoms. The maximum Gasteiger partial charge on any atom is 0.416 e. The van der Waals surface area contributed by atoms with E-state index in [2.05, 4.69) is 5.32 Å². The van der Waals surface area contributed by atoms with E-state index in [1.165, 1.54) is 24.3 Å². The predicted octanol–water partition coefficient (Wildman–Crippen LogP) is 4.65. The first-order chi connectivity index (χ1) is 11.3. The molecule has 0 spiro atoms. The summed E-state index contributed by atoms with van der Waals surface area (Å²) in [4.78, 5) is 11.9. The van der Waals surface area contributed by atoms with Gasteiger partial charge in [0.05, 0.1) is 11.6 Å². The summed E-state index contributed by atoms with van der Waals surface area (Å²) in [6, 6.07) is 10.3. The number of hydrogen-bond donors (Lipinski definition) is 1. The van der Waals surface area contributed by atoms with E-state index in [9.17, 15) is 22.4 Å². The van der Waals surface area contributed by atoms with Crippen molar-refractivity contribution in [1.29, 1.82) is 0 Å². The molecule has 0 heterocycles. The van der Waals surface area contributed by atoms with E-state index >= 15 is 0 Å². The third-order valence-electron chi connectivity index (χ3n) is 3.65. The van der Waals surface area contributed by atoms with E-state index in [1.54, 1.807) is 19.1 Å². The Kier molecular flexibility index (Phi) is 5.59. The Morgan fingerprint density at radius 3 is 2.38 bits per heavy atom. The highest BCUT2D eigenvalue weighted by atomic mass is 19.4. The van der Waals surface area contributed by atoms with Crippen molar-refractivity contribution in [3.8, 4) is 0 Å². The first kappa shape index (κ1) is 18.0. The third-order valence-corrected chi connectivity index (χ3v) is 3.65. The number of carbonyl (C=O) groups excluding carboxylic acids is 1. The van der Waals surface area contributed by atoms with Crippen molar-refractivity contribution in [2.75, 3.05) is 0 Å². The lowest BCUT2D eigenvalue weighted by Gasteiger charge is -2.15. The number of aryl methyl sites for hydroxylation is 1. The molecule has 0 saturated carbocycles. The highest BCUT2D eigenvalue weighted by Crippen LogP contribution is 2.29. The van der Waals surface area contributed by atoms with Crippen LogP contribution >= 0.6 is 0 Å². The Hall–Kier alpha value is -2.37. The monoisotopic (exact) mass is 339 g/mol. The number of carbonyl (C=O) groups is 1. The van der Waals surface area contributed by atoms with Crippen molar-refractivity contribution >= 4 is 5.91 Å². The van der Waals surface area contributed by atoms with Crippen LogP contribution in [0.3, 0.4) is 0 Å². The fourth-order valence-corrected chi connectivity index (χ4v) is 2.31. The number of rotatable bonds is 5. The Balaban J connectivity index is 1.89. The van der Waals surface area contributed by atoms with Gasteiger partial charge in [-0.25, -0.2) is 4.39 Å². The normalized spacial score (nSPS) is 12.7. The molecule has 2 nitrogen and oxygen atoms in total. The first-order valence-electron chi connectivity index (χ1n) is 7.46. The summed E-state index contributed by atoms with van der Waals surface area (Å²) in [5.74, 6) is -0.599. The quantitative estimate of drug-likeness (QED) is 0.789. The second-order valence-corrected chi connectivity index (χ2v) is 5.54. The Morgan fingerprint density at radius 1 is 1.12 bits per heavy atom. The van der Waals surface area contributed by atoms with Crippen molar-refractivity contribution in [3.05, 3.63) is 71.0 Å². The highest BCUT2D eigenvalue weighted by molar-refractivity contribution is 5.76. The van der Waals surface area contributed by atoms with E-state index < -0.39 is 17.8 Å². The molecule has 128 valence electrons. The summed E-state index contributed by atoms with van der Waals surface area (Å²) >= 11 is 0. The number of hydrogen-bond acceptors (Lipinski definition) is 1. The molecule has 1 amide bonds. The molecule has 0 aliphatic rings. The van der Waals surface area contributed by atoms with Crippen LogP contribution in [0.4, 0.5) is 17.6 Å². The maximum atomic E-state index is 13.1. The van der Waals surface area contributed by atoms with Crippen molar-refractivity contribution in [2.45, 2.75) is 32.0 Å². The van der Waals surface area contributed by atoms with Crippen LogP contribution in [-0.2, 0) is 17.4 Å². The van der Waals surface area contributed by atoms with Gasteiger partial charge < -0.3 is 5.32 Å². The summed E-state index contributed by atoms with van der Waals surface area (Å²) in [5, 5.41) is 2.73. The smallest absolute Gasteiger partial charge is 0.350 e. The van der Waals surface area contributed by atoms with Gasteiger partial charge in [0.15, 0.2) is 0 Å². The molecular weight excluding hydrogens is 322 g/mol. The van der Waals surface area contributed by atoms with Gasteiger partial charge in [-0.1, -0.05) is 24.3 Å². The fraction of sp³-hybridized carbons (Fsp3) is 0.278. The molecule has 0 aromatic heterocycles. The van der Waals surface area contributed by atoms with Crippen LogP contribution in [-0.4, -0.2) is 5.91 Å². The molecular formula is C18H17F4NO. The molecule has 2 aromatic rings. The summed E-state index contributed by atoms with van der Waals surface area (Å²) in [6.07, 6.45) is -3.81. The maximum absolute atomic E-state index is 13.1. The fourth-order valence-electron chi connectivity index (χ4n) is 2.31. The number of benzene rings is 2. The number of amides is 1. The van der Waals surface area contributed by atoms with E-state index in [-0.39, 0.29) is 18.1 Å². The Morgan fingerprint density at radius 2 is 1.79 bits per heavy atom. The van der Waals surface area contributed by atoms with Gasteiger partial charge in [0.2, 0.25) is 5.91 Å². The molecule has 2 rings (SSSR count). The number of alkyl halides is 3. The van der Waals surface area contributed by atoms with Crippen LogP contribution in [0.5, 0.6) is 0 Å². The van der Waals surface area contributed by atoms with Gasteiger partial charge in [0.25, 0.3) is 0 Å². The minimum absolute atomic E-state index is 0.175. The van der Waals surface area contributed by atoms with Gasteiger partial charge in [0, 0.05) is 6.42 Å². The van der Waals surface area contributed by atoms with Crippen LogP contribution in [0.2, 0.25) is 0 Å². The number of nitrogens with one attached hydrogen (secondary N) is 1. The molecule has 0 aliphatic heterocycles. The molecule has 0 bridgehead atoms. The predicted molar refractivity (Wildman–Crippen MR) is 82.7 cm³/mol. The zero-order valence-corrected chi connectivity index (χ0v) is 13.0. The molecule has 1 N–H and O–H groups in total. The van der Waals surface area contributed by atoms with E-state index in [0.717, 1.165) is 12.1 Å². The van der Waals surface area contributed by atoms with E-state index in [0.29, 0.717) is 17.5 Å². The number of halogens is 4. The highest BCUT2D eigenvalue weighted by Gasteiger charge is 2.30. The van der Waals surface area contributed by atoms with Crippen LogP contribution < -0.4 is 5.32 Å². The van der Waals surface area contributed by atoms with Gasteiger partial charge in [-0.2, -0.15) is 13.2 Å². The lowest BCUT2D eigenvalue weighted by molar-refractivity contribution is -0.137. The van der Waals surface area contributed by atoms with Crippen molar-refractivity contribution in [2.24, 2.45) is 0 Å². The Bertz CT molecular complexity index is 695. The van der Waals surface area contributed by atoms with E-state index in [1.807, 2.05) is 0 Å². The van der Waals surface area contributed by atoms with Gasteiger partial charge in [-0.05, 0) is 48.7 Å². The lowest BCUT2D eigenvalue weighted by Crippen LogP contribution is -2.26. The summed E-state index contributed by atoms with van der Waals surface area (Å²) in [5.41, 5.74) is 0.574. The molecule has 0 aliphatic carbocycles. The van der Waals surface area contributed by atoms with Gasteiger partial charge >= 0.3 is 6.18 Å².